The van der Waals surface area contributed by atoms with E-state index in [4.69, 9.17) is 4.42 Å². The fraction of sp³-hybridized carbons (Fsp3) is 0.0625. The molecule has 0 amide bonds. The summed E-state index contributed by atoms with van der Waals surface area (Å²) in [6.45, 7) is 1.83. The van der Waals surface area contributed by atoms with Crippen LogP contribution in [-0.4, -0.2) is 9.97 Å². The van der Waals surface area contributed by atoms with Gasteiger partial charge in [0, 0.05) is 29.6 Å². The molecule has 98 valence electrons. The number of nitrogens with zero attached hydrogens (tertiary/aromatic N) is 1. The third kappa shape index (κ3) is 1.61. The number of aromatic amines is 1. The first kappa shape index (κ1) is 11.2. The summed E-state index contributed by atoms with van der Waals surface area (Å²) in [7, 11) is 0. The minimum Gasteiger partial charge on any atom is -0.441 e. The maximum atomic E-state index is 13.2. The number of aromatic nitrogens is 2. The lowest BCUT2D eigenvalue weighted by Gasteiger charge is -1.99. The zero-order valence-corrected chi connectivity index (χ0v) is 10.8. The van der Waals surface area contributed by atoms with Gasteiger partial charge in [0.25, 0.3) is 0 Å². The van der Waals surface area contributed by atoms with Crippen LogP contribution in [0.4, 0.5) is 4.39 Å². The molecule has 0 aliphatic heterocycles. The van der Waals surface area contributed by atoms with Gasteiger partial charge in [-0.25, -0.2) is 9.37 Å². The van der Waals surface area contributed by atoms with Crippen molar-refractivity contribution in [1.29, 1.82) is 0 Å². The molecule has 0 aliphatic carbocycles. The van der Waals surface area contributed by atoms with E-state index in [-0.39, 0.29) is 5.82 Å². The first-order valence-electron chi connectivity index (χ1n) is 6.35. The molecule has 2 heterocycles. The Morgan fingerprint density at radius 2 is 2.05 bits per heavy atom. The second-order valence-electron chi connectivity index (χ2n) is 4.81. The molecule has 20 heavy (non-hydrogen) atoms. The Balaban J connectivity index is 1.95. The highest BCUT2D eigenvalue weighted by Crippen LogP contribution is 2.31. The van der Waals surface area contributed by atoms with E-state index in [9.17, 15) is 4.39 Å². The summed E-state index contributed by atoms with van der Waals surface area (Å²) in [6.07, 6.45) is 1.89. The second-order valence-corrected chi connectivity index (χ2v) is 4.81. The lowest BCUT2D eigenvalue weighted by Crippen LogP contribution is -1.77. The molecule has 0 fully saturated rings. The van der Waals surface area contributed by atoms with Gasteiger partial charge < -0.3 is 9.40 Å². The van der Waals surface area contributed by atoms with Crippen molar-refractivity contribution in [2.75, 3.05) is 0 Å². The molecule has 0 unspecified atom stereocenters. The van der Waals surface area contributed by atoms with E-state index in [2.05, 4.69) is 9.97 Å². The fourth-order valence-corrected chi connectivity index (χ4v) is 2.55. The van der Waals surface area contributed by atoms with Crippen LogP contribution in [-0.2, 0) is 0 Å². The van der Waals surface area contributed by atoms with Crippen LogP contribution >= 0.6 is 0 Å². The summed E-state index contributed by atoms with van der Waals surface area (Å²) in [6, 6.07) is 10.6. The number of fused-ring (bicyclic) bond motifs is 2. The van der Waals surface area contributed by atoms with Gasteiger partial charge in [0.2, 0.25) is 0 Å². The standard InChI is InChI=1S/C16H11FN2O/c1-9-19-15-6-10(2-5-16(15)20-9)13-8-18-14-7-11(17)3-4-12(13)14/h2-8,18H,1H3. The summed E-state index contributed by atoms with van der Waals surface area (Å²) in [5, 5.41) is 0.992. The molecule has 2 aromatic heterocycles. The number of rotatable bonds is 1. The molecule has 0 saturated heterocycles. The highest BCUT2D eigenvalue weighted by atomic mass is 19.1. The summed E-state index contributed by atoms with van der Waals surface area (Å²) >= 11 is 0. The first-order valence-corrected chi connectivity index (χ1v) is 6.35. The van der Waals surface area contributed by atoms with E-state index in [1.165, 1.54) is 12.1 Å². The molecule has 0 saturated carbocycles. The Morgan fingerprint density at radius 3 is 2.95 bits per heavy atom. The lowest BCUT2D eigenvalue weighted by atomic mass is 10.0. The molecule has 4 rings (SSSR count). The number of nitrogens with one attached hydrogen (secondary N) is 1. The summed E-state index contributed by atoms with van der Waals surface area (Å²) in [4.78, 5) is 7.44. The van der Waals surface area contributed by atoms with E-state index in [0.717, 1.165) is 33.1 Å². The van der Waals surface area contributed by atoms with Gasteiger partial charge in [-0.15, -0.1) is 0 Å². The van der Waals surface area contributed by atoms with Crippen molar-refractivity contribution in [1.82, 2.24) is 9.97 Å². The van der Waals surface area contributed by atoms with E-state index in [1.807, 2.05) is 31.3 Å². The molecule has 0 atom stereocenters. The summed E-state index contributed by atoms with van der Waals surface area (Å²) < 4.78 is 18.7. The average molecular weight is 266 g/mol. The molecule has 0 spiro atoms. The van der Waals surface area contributed by atoms with Crippen LogP contribution < -0.4 is 0 Å². The molecule has 4 aromatic rings. The van der Waals surface area contributed by atoms with Crippen LogP contribution in [0.2, 0.25) is 0 Å². The van der Waals surface area contributed by atoms with Crippen molar-refractivity contribution >= 4 is 22.0 Å². The molecule has 0 aliphatic rings. The monoisotopic (exact) mass is 266 g/mol. The van der Waals surface area contributed by atoms with Crippen molar-refractivity contribution in [2.24, 2.45) is 0 Å². The SMILES string of the molecule is Cc1nc2cc(-c3c[nH]c4cc(F)ccc34)ccc2o1. The lowest BCUT2D eigenvalue weighted by molar-refractivity contribution is 0.561. The highest BCUT2D eigenvalue weighted by molar-refractivity contribution is 5.97. The first-order chi connectivity index (χ1) is 9.70. The van der Waals surface area contributed by atoms with E-state index in [0.29, 0.717) is 5.89 Å². The van der Waals surface area contributed by atoms with Crippen molar-refractivity contribution in [3.63, 3.8) is 0 Å². The molecule has 3 nitrogen and oxygen atoms in total. The predicted molar refractivity (Wildman–Crippen MR) is 76.0 cm³/mol. The highest BCUT2D eigenvalue weighted by Gasteiger charge is 2.09. The zero-order valence-electron chi connectivity index (χ0n) is 10.8. The van der Waals surface area contributed by atoms with Gasteiger partial charge in [-0.05, 0) is 35.9 Å². The Morgan fingerprint density at radius 1 is 1.15 bits per heavy atom. The number of oxazole rings is 1. The van der Waals surface area contributed by atoms with Gasteiger partial charge in [0.05, 0.1) is 0 Å². The van der Waals surface area contributed by atoms with Crippen LogP contribution in [0, 0.1) is 12.7 Å². The van der Waals surface area contributed by atoms with Crippen LogP contribution in [0.15, 0.2) is 47.0 Å². The Kier molecular flexibility index (Phi) is 2.21. The molecule has 1 N–H and O–H groups in total. The largest absolute Gasteiger partial charge is 0.441 e. The normalized spacial score (nSPS) is 11.5. The van der Waals surface area contributed by atoms with Gasteiger partial charge >= 0.3 is 0 Å². The van der Waals surface area contributed by atoms with Gasteiger partial charge in [0.1, 0.15) is 11.3 Å². The van der Waals surface area contributed by atoms with Gasteiger partial charge in [-0.1, -0.05) is 6.07 Å². The molecular formula is C16H11FN2O. The molecule has 4 heteroatoms. The second kappa shape index (κ2) is 3.93. The van der Waals surface area contributed by atoms with Crippen LogP contribution in [0.3, 0.4) is 0 Å². The number of H-pyrrole nitrogens is 1. The number of halogens is 1. The van der Waals surface area contributed by atoms with E-state index >= 15 is 0 Å². The quantitative estimate of drug-likeness (QED) is 0.554. The van der Waals surface area contributed by atoms with Gasteiger partial charge in [0.15, 0.2) is 11.5 Å². The number of hydrogen-bond donors (Lipinski definition) is 1. The number of aryl methyl sites for hydroxylation is 1. The summed E-state index contributed by atoms with van der Waals surface area (Å²) in [5.74, 6) is 0.409. The minimum absolute atomic E-state index is 0.242. The Hall–Kier alpha value is -2.62. The smallest absolute Gasteiger partial charge is 0.192 e. The van der Waals surface area contributed by atoms with Crippen molar-refractivity contribution in [3.8, 4) is 11.1 Å². The van der Waals surface area contributed by atoms with Crippen LogP contribution in [0.5, 0.6) is 0 Å². The van der Waals surface area contributed by atoms with Crippen molar-refractivity contribution in [3.05, 3.63) is 54.3 Å². The summed E-state index contributed by atoms with van der Waals surface area (Å²) in [5.41, 5.74) is 4.45. The van der Waals surface area contributed by atoms with Gasteiger partial charge in [-0.2, -0.15) is 0 Å². The van der Waals surface area contributed by atoms with E-state index < -0.39 is 0 Å². The average Bonchev–Trinajstić information content (AvgIpc) is 2.99. The van der Waals surface area contributed by atoms with Crippen LogP contribution in [0.1, 0.15) is 5.89 Å². The maximum absolute atomic E-state index is 13.2. The van der Waals surface area contributed by atoms with Crippen LogP contribution in [0.25, 0.3) is 33.1 Å². The van der Waals surface area contributed by atoms with E-state index in [1.54, 1.807) is 6.07 Å². The maximum Gasteiger partial charge on any atom is 0.192 e. The fourth-order valence-electron chi connectivity index (χ4n) is 2.55. The third-order valence-electron chi connectivity index (χ3n) is 3.45. The van der Waals surface area contributed by atoms with Crippen molar-refractivity contribution < 1.29 is 8.81 Å². The predicted octanol–water partition coefficient (Wildman–Crippen LogP) is 4.42. The number of benzene rings is 2. The molecule has 2 aromatic carbocycles. The number of hydrogen-bond acceptors (Lipinski definition) is 2. The molecular weight excluding hydrogens is 255 g/mol. The third-order valence-corrected chi connectivity index (χ3v) is 3.45. The zero-order chi connectivity index (χ0) is 13.7. The molecule has 0 radical (unpaired) electrons. The molecule has 0 bridgehead atoms. The Labute approximate surface area is 114 Å². The minimum atomic E-state index is -0.242. The van der Waals surface area contributed by atoms with Gasteiger partial charge in [-0.3, -0.25) is 0 Å². The van der Waals surface area contributed by atoms with Crippen molar-refractivity contribution in [2.45, 2.75) is 6.92 Å². The topological polar surface area (TPSA) is 41.8 Å². The Bertz CT molecular complexity index is 936.